The van der Waals surface area contributed by atoms with Gasteiger partial charge in [-0.25, -0.2) is 4.79 Å². The predicted molar refractivity (Wildman–Crippen MR) is 124 cm³/mol. The minimum absolute atomic E-state index is 0.204. The number of ether oxygens (including phenoxy) is 2. The largest absolute Gasteiger partial charge is 0.469 e. The number of methoxy groups -OCH3 is 1. The molecule has 1 fully saturated rings. The van der Waals surface area contributed by atoms with E-state index < -0.39 is 17.1 Å². The van der Waals surface area contributed by atoms with Gasteiger partial charge in [0.2, 0.25) is 0 Å². The number of esters is 1. The second-order valence-electron chi connectivity index (χ2n) is 9.57. The summed E-state index contributed by atoms with van der Waals surface area (Å²) in [5.74, 6) is -0.288. The summed E-state index contributed by atoms with van der Waals surface area (Å²) >= 11 is 0. The van der Waals surface area contributed by atoms with Gasteiger partial charge in [-0.3, -0.25) is 9.69 Å². The van der Waals surface area contributed by atoms with Crippen molar-refractivity contribution in [1.29, 1.82) is 0 Å². The lowest BCUT2D eigenvalue weighted by atomic mass is 9.64. The maximum Gasteiger partial charge on any atom is 0.407 e. The van der Waals surface area contributed by atoms with Gasteiger partial charge in [0.25, 0.3) is 0 Å². The summed E-state index contributed by atoms with van der Waals surface area (Å²) in [5.41, 5.74) is 1.13. The molecular weight excluding hydrogens is 404 g/mol. The van der Waals surface area contributed by atoms with Crippen LogP contribution in [0.2, 0.25) is 0 Å². The number of alkyl carbamates (subject to hydrolysis) is 1. The fourth-order valence-electron chi connectivity index (χ4n) is 4.21. The lowest BCUT2D eigenvalue weighted by molar-refractivity contribution is -0.163. The number of amides is 1. The van der Waals surface area contributed by atoms with E-state index in [0.29, 0.717) is 12.8 Å². The van der Waals surface area contributed by atoms with Crippen molar-refractivity contribution in [3.05, 3.63) is 71.8 Å². The molecule has 1 aliphatic carbocycles. The zero-order chi connectivity index (χ0) is 23.2. The lowest BCUT2D eigenvalue weighted by Crippen LogP contribution is -2.59. The molecule has 0 atom stereocenters. The molecule has 32 heavy (non-hydrogen) atoms. The molecule has 172 valence electrons. The molecule has 1 aliphatic rings. The Bertz CT molecular complexity index is 846. The minimum atomic E-state index is -0.734. The standard InChI is InChI=1S/C26H34N2O4/c1-25(2,3)32-24(30)27-19-26(23(29)31-4)15-22(16-26)28(17-20-11-7-5-8-12-20)18-21-13-9-6-10-14-21/h5-14,22H,15-19H2,1-4H3,(H,27,30)/t22-,26+. The number of benzene rings is 2. The van der Waals surface area contributed by atoms with Crippen LogP contribution in [0.15, 0.2) is 60.7 Å². The monoisotopic (exact) mass is 438 g/mol. The average molecular weight is 439 g/mol. The van der Waals surface area contributed by atoms with Crippen LogP contribution in [-0.4, -0.2) is 42.3 Å². The van der Waals surface area contributed by atoms with Crippen molar-refractivity contribution in [3.63, 3.8) is 0 Å². The van der Waals surface area contributed by atoms with Crippen LogP contribution in [0.25, 0.3) is 0 Å². The van der Waals surface area contributed by atoms with Crippen molar-refractivity contribution in [2.45, 2.75) is 58.3 Å². The third-order valence-corrected chi connectivity index (χ3v) is 5.81. The van der Waals surface area contributed by atoms with Gasteiger partial charge in [0, 0.05) is 25.7 Å². The van der Waals surface area contributed by atoms with Gasteiger partial charge in [-0.15, -0.1) is 0 Å². The molecular formula is C26H34N2O4. The third-order valence-electron chi connectivity index (χ3n) is 5.81. The van der Waals surface area contributed by atoms with Crippen molar-refractivity contribution in [2.75, 3.05) is 13.7 Å². The molecule has 0 bridgehead atoms. The number of rotatable bonds is 8. The summed E-state index contributed by atoms with van der Waals surface area (Å²) < 4.78 is 10.4. The zero-order valence-corrected chi connectivity index (χ0v) is 19.5. The van der Waals surface area contributed by atoms with Gasteiger partial charge in [-0.1, -0.05) is 60.7 Å². The summed E-state index contributed by atoms with van der Waals surface area (Å²) in [6.07, 6.45) is 0.722. The summed E-state index contributed by atoms with van der Waals surface area (Å²) in [5, 5.41) is 2.78. The van der Waals surface area contributed by atoms with Crippen LogP contribution >= 0.6 is 0 Å². The summed E-state index contributed by atoms with van der Waals surface area (Å²) in [7, 11) is 1.40. The normalized spacial score (nSPS) is 20.3. The van der Waals surface area contributed by atoms with Crippen LogP contribution in [0, 0.1) is 5.41 Å². The van der Waals surface area contributed by atoms with E-state index in [0.717, 1.165) is 13.1 Å². The predicted octanol–water partition coefficient (Wildman–Crippen LogP) is 4.54. The Kier molecular flexibility index (Phi) is 7.56. The fourth-order valence-corrected chi connectivity index (χ4v) is 4.21. The van der Waals surface area contributed by atoms with Gasteiger partial charge in [-0.2, -0.15) is 0 Å². The first-order chi connectivity index (χ1) is 15.2. The Morgan fingerprint density at radius 3 is 1.91 bits per heavy atom. The van der Waals surface area contributed by atoms with Crippen LogP contribution in [0.5, 0.6) is 0 Å². The first-order valence-electron chi connectivity index (χ1n) is 11.1. The summed E-state index contributed by atoms with van der Waals surface area (Å²) in [6, 6.07) is 20.9. The summed E-state index contributed by atoms with van der Waals surface area (Å²) in [6.45, 7) is 7.22. The number of carbonyl (C=O) groups excluding carboxylic acids is 2. The molecule has 1 N–H and O–H groups in total. The molecule has 0 aromatic heterocycles. The SMILES string of the molecule is COC(=O)[C@]1(CNC(=O)OC(C)(C)C)C[C@H](N(Cc2ccccc2)Cc2ccccc2)C1. The van der Waals surface area contributed by atoms with Crippen molar-refractivity contribution in [1.82, 2.24) is 10.2 Å². The summed E-state index contributed by atoms with van der Waals surface area (Å²) in [4.78, 5) is 27.2. The smallest absolute Gasteiger partial charge is 0.407 e. The maximum atomic E-state index is 12.7. The second-order valence-corrected chi connectivity index (χ2v) is 9.57. The van der Waals surface area contributed by atoms with Gasteiger partial charge in [0.05, 0.1) is 12.5 Å². The Labute approximate surface area is 190 Å². The molecule has 2 aromatic carbocycles. The minimum Gasteiger partial charge on any atom is -0.469 e. The van der Waals surface area contributed by atoms with E-state index in [1.807, 2.05) is 57.2 Å². The molecule has 2 aromatic rings. The highest BCUT2D eigenvalue weighted by Gasteiger charge is 2.53. The van der Waals surface area contributed by atoms with E-state index >= 15 is 0 Å². The molecule has 1 saturated carbocycles. The highest BCUT2D eigenvalue weighted by Crippen LogP contribution is 2.45. The van der Waals surface area contributed by atoms with E-state index in [9.17, 15) is 9.59 Å². The molecule has 0 unspecified atom stereocenters. The topological polar surface area (TPSA) is 67.9 Å². The fraction of sp³-hybridized carbons (Fsp3) is 0.462. The third kappa shape index (κ3) is 6.33. The lowest BCUT2D eigenvalue weighted by Gasteiger charge is -2.50. The van der Waals surface area contributed by atoms with Gasteiger partial charge in [0.1, 0.15) is 5.60 Å². The van der Waals surface area contributed by atoms with E-state index in [4.69, 9.17) is 9.47 Å². The molecule has 3 rings (SSSR count). The maximum absolute atomic E-state index is 12.7. The Morgan fingerprint density at radius 2 is 1.47 bits per heavy atom. The van der Waals surface area contributed by atoms with Crippen LogP contribution < -0.4 is 5.32 Å². The van der Waals surface area contributed by atoms with Gasteiger partial charge in [0.15, 0.2) is 0 Å². The number of carbonyl (C=O) groups is 2. The van der Waals surface area contributed by atoms with Gasteiger partial charge >= 0.3 is 12.1 Å². The number of nitrogens with zero attached hydrogens (tertiary/aromatic N) is 1. The molecule has 0 radical (unpaired) electrons. The molecule has 0 heterocycles. The molecule has 0 saturated heterocycles. The Hall–Kier alpha value is -2.86. The van der Waals surface area contributed by atoms with Crippen molar-refractivity contribution >= 4 is 12.1 Å². The van der Waals surface area contributed by atoms with E-state index in [2.05, 4.69) is 34.5 Å². The second kappa shape index (κ2) is 10.2. The highest BCUT2D eigenvalue weighted by molar-refractivity contribution is 5.79. The van der Waals surface area contributed by atoms with E-state index in [-0.39, 0.29) is 18.6 Å². The number of hydrogen-bond donors (Lipinski definition) is 1. The van der Waals surface area contributed by atoms with Crippen LogP contribution in [0.1, 0.15) is 44.7 Å². The van der Waals surface area contributed by atoms with Crippen molar-refractivity contribution in [2.24, 2.45) is 5.41 Å². The first kappa shape index (κ1) is 23.8. The van der Waals surface area contributed by atoms with E-state index in [1.54, 1.807) is 0 Å². The van der Waals surface area contributed by atoms with Gasteiger partial charge in [-0.05, 0) is 44.7 Å². The molecule has 0 spiro atoms. The molecule has 0 aliphatic heterocycles. The van der Waals surface area contributed by atoms with Crippen molar-refractivity contribution in [3.8, 4) is 0 Å². The number of hydrogen-bond acceptors (Lipinski definition) is 5. The highest BCUT2D eigenvalue weighted by atomic mass is 16.6. The van der Waals surface area contributed by atoms with Crippen LogP contribution in [0.4, 0.5) is 4.79 Å². The first-order valence-corrected chi connectivity index (χ1v) is 11.1. The molecule has 6 heteroatoms. The van der Waals surface area contributed by atoms with Crippen molar-refractivity contribution < 1.29 is 19.1 Å². The number of nitrogens with one attached hydrogen (secondary N) is 1. The quantitative estimate of drug-likeness (QED) is 0.613. The van der Waals surface area contributed by atoms with Crippen LogP contribution in [-0.2, 0) is 27.4 Å². The van der Waals surface area contributed by atoms with Gasteiger partial charge < -0.3 is 14.8 Å². The molecule has 6 nitrogen and oxygen atoms in total. The Balaban J connectivity index is 1.70. The van der Waals surface area contributed by atoms with Crippen LogP contribution in [0.3, 0.4) is 0 Å². The average Bonchev–Trinajstić information content (AvgIpc) is 2.72. The van der Waals surface area contributed by atoms with E-state index in [1.165, 1.54) is 18.2 Å². The molecule has 1 amide bonds. The Morgan fingerprint density at radius 1 is 0.969 bits per heavy atom. The zero-order valence-electron chi connectivity index (χ0n) is 19.5.